The molecule has 46 heavy (non-hydrogen) atoms. The van der Waals surface area contributed by atoms with Gasteiger partial charge in [0.1, 0.15) is 10.9 Å². The van der Waals surface area contributed by atoms with E-state index in [0.717, 1.165) is 57.8 Å². The maximum atomic E-state index is 10.6. The molecule has 0 aliphatic heterocycles. The van der Waals surface area contributed by atoms with E-state index in [1.54, 1.807) is 23.7 Å². The number of nitrogens with two attached hydrogens (primary N) is 1. The average molecular weight is 694 g/mol. The van der Waals surface area contributed by atoms with Gasteiger partial charge in [-0.25, -0.2) is 19.6 Å². The van der Waals surface area contributed by atoms with Gasteiger partial charge in [0.2, 0.25) is 0 Å². The summed E-state index contributed by atoms with van der Waals surface area (Å²) >= 11 is 7.72. The van der Waals surface area contributed by atoms with Gasteiger partial charge in [0.25, 0.3) is 0 Å². The van der Waals surface area contributed by atoms with Crippen LogP contribution in [0.25, 0.3) is 43.5 Å². The minimum Gasteiger partial charge on any atom is -0.475 e. The van der Waals surface area contributed by atoms with Crippen molar-refractivity contribution in [2.75, 3.05) is 5.73 Å². The lowest BCUT2D eigenvalue weighted by atomic mass is 9.93. The number of pyridine rings is 2. The number of carbonyl (C=O) groups is 2. The summed E-state index contributed by atoms with van der Waals surface area (Å²) in [6.45, 7) is 0. The van der Waals surface area contributed by atoms with E-state index in [1.165, 1.54) is 0 Å². The molecular formula is C27H22ClF6N5O6S. The van der Waals surface area contributed by atoms with Crippen LogP contribution in [0.5, 0.6) is 0 Å². The Morgan fingerprint density at radius 3 is 2.13 bits per heavy atom. The third kappa shape index (κ3) is 8.04. The number of furan rings is 1. The molecule has 5 aromatic heterocycles. The van der Waals surface area contributed by atoms with E-state index in [2.05, 4.69) is 15.1 Å². The molecule has 19 heteroatoms. The molecular weight excluding hydrogens is 672 g/mol. The van der Waals surface area contributed by atoms with E-state index < -0.39 is 24.3 Å². The van der Waals surface area contributed by atoms with E-state index in [4.69, 9.17) is 41.6 Å². The van der Waals surface area contributed by atoms with E-state index in [0.29, 0.717) is 28.4 Å². The minimum absolute atomic E-state index is 0.189. The fourth-order valence-electron chi connectivity index (χ4n) is 4.50. The summed E-state index contributed by atoms with van der Waals surface area (Å²) in [5.41, 5.74) is 9.56. The van der Waals surface area contributed by atoms with Crippen LogP contribution in [0.15, 0.2) is 46.7 Å². The van der Waals surface area contributed by atoms with Crippen LogP contribution in [-0.4, -0.2) is 65.5 Å². The number of aliphatic carboxylic acids is 2. The topological polar surface area (TPSA) is 178 Å². The standard InChI is InChI=1S/C23H20ClN5O2S.2C2HF3O2/c24-21-6-15-18(11-32-20(15)9-26-21)19-5-16-17(8-27-23(25)22(16)31-19)12-7-28-29(10-12)13-1-3-14(30)4-2-13;2*3-2(4,5)1(6)7/h5-11,13-14,30H,1-4H2,(H2,25,27);2*(H,6,7). The number of nitrogen functional groups attached to an aromatic ring is 1. The molecule has 0 unspecified atom stereocenters. The van der Waals surface area contributed by atoms with Crippen LogP contribution in [0.2, 0.25) is 5.15 Å². The first-order valence-electron chi connectivity index (χ1n) is 13.0. The minimum atomic E-state index is -5.08. The zero-order valence-electron chi connectivity index (χ0n) is 23.0. The number of alkyl halides is 6. The van der Waals surface area contributed by atoms with Gasteiger partial charge in [0, 0.05) is 51.4 Å². The molecule has 0 atom stereocenters. The van der Waals surface area contributed by atoms with Gasteiger partial charge in [-0.05, 0) is 37.8 Å². The molecule has 0 aromatic carbocycles. The predicted octanol–water partition coefficient (Wildman–Crippen LogP) is 6.95. The Morgan fingerprint density at radius 1 is 0.935 bits per heavy atom. The van der Waals surface area contributed by atoms with Crippen molar-refractivity contribution in [3.8, 4) is 22.5 Å². The molecule has 1 aliphatic rings. The number of anilines is 1. The van der Waals surface area contributed by atoms with E-state index in [-0.39, 0.29) is 6.10 Å². The number of aromatic nitrogens is 4. The summed E-state index contributed by atoms with van der Waals surface area (Å²) in [7, 11) is 0. The number of aliphatic hydroxyl groups is 1. The van der Waals surface area contributed by atoms with Gasteiger partial charge in [-0.3, -0.25) is 4.68 Å². The summed E-state index contributed by atoms with van der Waals surface area (Å²) in [6, 6.07) is 4.16. The number of carboxylic acids is 2. The largest absolute Gasteiger partial charge is 0.490 e. The first-order chi connectivity index (χ1) is 21.5. The van der Waals surface area contributed by atoms with Gasteiger partial charge < -0.3 is 25.5 Å². The molecule has 5 heterocycles. The molecule has 0 radical (unpaired) electrons. The zero-order valence-corrected chi connectivity index (χ0v) is 24.6. The number of rotatable bonds is 3. The Bertz CT molecular complexity index is 1840. The van der Waals surface area contributed by atoms with Crippen LogP contribution in [0.1, 0.15) is 31.7 Å². The Labute approximate surface area is 262 Å². The van der Waals surface area contributed by atoms with E-state index in [9.17, 15) is 31.4 Å². The number of fused-ring (bicyclic) bond motifs is 2. The van der Waals surface area contributed by atoms with Crippen LogP contribution in [0.3, 0.4) is 0 Å². The van der Waals surface area contributed by atoms with E-state index in [1.807, 2.05) is 34.6 Å². The molecule has 6 rings (SSSR count). The van der Waals surface area contributed by atoms with Gasteiger partial charge >= 0.3 is 24.3 Å². The highest BCUT2D eigenvalue weighted by atomic mass is 35.5. The van der Waals surface area contributed by atoms with Crippen molar-refractivity contribution in [3.63, 3.8) is 0 Å². The van der Waals surface area contributed by atoms with Crippen molar-refractivity contribution in [1.82, 2.24) is 19.7 Å². The molecule has 0 saturated heterocycles. The van der Waals surface area contributed by atoms with Crippen molar-refractivity contribution in [2.24, 2.45) is 0 Å². The first-order valence-corrected chi connectivity index (χ1v) is 14.3. The summed E-state index contributed by atoms with van der Waals surface area (Å²) in [5.74, 6) is -4.45. The molecule has 246 valence electrons. The normalized spacial score (nSPS) is 16.8. The molecule has 5 aromatic rings. The summed E-state index contributed by atoms with van der Waals surface area (Å²) < 4.78 is 72.7. The molecule has 1 fully saturated rings. The van der Waals surface area contributed by atoms with Gasteiger partial charge in [0.15, 0.2) is 11.4 Å². The number of nitrogens with zero attached hydrogens (tertiary/aromatic N) is 4. The Morgan fingerprint density at radius 2 is 1.54 bits per heavy atom. The summed E-state index contributed by atoms with van der Waals surface area (Å²) in [4.78, 5) is 26.3. The first kappa shape index (κ1) is 34.5. The lowest BCUT2D eigenvalue weighted by molar-refractivity contribution is -0.193. The maximum absolute atomic E-state index is 10.6. The summed E-state index contributed by atoms with van der Waals surface area (Å²) in [6.07, 6.45) is 0.573. The number of halogens is 7. The number of hydrogen-bond donors (Lipinski definition) is 4. The van der Waals surface area contributed by atoms with Gasteiger partial charge in [-0.1, -0.05) is 11.6 Å². The number of carboxylic acid groups (broad SMARTS) is 2. The Kier molecular flexibility index (Phi) is 10.1. The van der Waals surface area contributed by atoms with Crippen molar-refractivity contribution >= 4 is 61.7 Å². The fourth-order valence-corrected chi connectivity index (χ4v) is 5.56. The third-order valence-electron chi connectivity index (χ3n) is 6.72. The highest BCUT2D eigenvalue weighted by Gasteiger charge is 2.39. The van der Waals surface area contributed by atoms with Crippen LogP contribution < -0.4 is 5.73 Å². The van der Waals surface area contributed by atoms with Crippen LogP contribution in [0, 0.1) is 0 Å². The van der Waals surface area contributed by atoms with Gasteiger partial charge in [0.05, 0.1) is 23.0 Å². The lowest BCUT2D eigenvalue weighted by Crippen LogP contribution is -2.21. The van der Waals surface area contributed by atoms with Gasteiger partial charge in [-0.15, -0.1) is 11.3 Å². The zero-order chi connectivity index (χ0) is 34.0. The number of thiophene rings is 1. The second kappa shape index (κ2) is 13.5. The van der Waals surface area contributed by atoms with Crippen LogP contribution in [-0.2, 0) is 9.59 Å². The molecule has 0 amide bonds. The molecule has 0 spiro atoms. The monoisotopic (exact) mass is 693 g/mol. The average Bonchev–Trinajstić information content (AvgIpc) is 3.72. The van der Waals surface area contributed by atoms with Crippen molar-refractivity contribution < 1.29 is 55.7 Å². The van der Waals surface area contributed by atoms with Crippen molar-refractivity contribution in [1.29, 1.82) is 0 Å². The molecule has 1 saturated carbocycles. The number of hydrogen-bond acceptors (Lipinski definition) is 9. The Hall–Kier alpha value is -4.42. The maximum Gasteiger partial charge on any atom is 0.490 e. The van der Waals surface area contributed by atoms with E-state index >= 15 is 0 Å². The Balaban J connectivity index is 0.000000289. The van der Waals surface area contributed by atoms with Crippen LogP contribution in [0.4, 0.5) is 32.2 Å². The quantitative estimate of drug-likeness (QED) is 0.114. The second-order valence-electron chi connectivity index (χ2n) is 9.84. The van der Waals surface area contributed by atoms with Crippen molar-refractivity contribution in [3.05, 3.63) is 47.5 Å². The fraction of sp³-hybridized carbons (Fsp3) is 0.296. The second-order valence-corrected chi connectivity index (χ2v) is 11.1. The highest BCUT2D eigenvalue weighted by molar-refractivity contribution is 7.17. The highest BCUT2D eigenvalue weighted by Crippen LogP contribution is 2.41. The smallest absolute Gasteiger partial charge is 0.475 e. The molecule has 0 bridgehead atoms. The molecule has 1 aliphatic carbocycles. The third-order valence-corrected chi connectivity index (χ3v) is 7.86. The van der Waals surface area contributed by atoms with Gasteiger partial charge in [-0.2, -0.15) is 31.4 Å². The predicted molar refractivity (Wildman–Crippen MR) is 154 cm³/mol. The number of aliphatic hydroxyl groups excluding tert-OH is 1. The molecule has 5 N–H and O–H groups in total. The summed E-state index contributed by atoms with van der Waals surface area (Å²) in [5, 5.41) is 33.0. The van der Waals surface area contributed by atoms with Crippen molar-refractivity contribution in [2.45, 2.75) is 50.2 Å². The SMILES string of the molecule is Nc1ncc(-c2cnn(C3CCC(O)CC3)c2)c2cc(-c3csc4cnc(Cl)cc34)oc12.O=C(O)C(F)(F)F.O=C(O)C(F)(F)F. The molecule has 11 nitrogen and oxygen atoms in total. The van der Waals surface area contributed by atoms with Crippen LogP contribution >= 0.6 is 22.9 Å². The lowest BCUT2D eigenvalue weighted by Gasteiger charge is -2.25.